The lowest BCUT2D eigenvalue weighted by Gasteiger charge is -2.40. The SMILES string of the molecule is CCCCCCCCC(CCCCCC)COC(=O)CCC1(CCC(=O)OCC(CCCCCC)CCCCCCCC)COC(CCCN(C)C)OC1. The van der Waals surface area contributed by atoms with E-state index < -0.39 is 5.41 Å². The third-order valence-corrected chi connectivity index (χ3v) is 11.7. The molecule has 1 saturated heterocycles. The molecule has 0 amide bonds. The fourth-order valence-electron chi connectivity index (χ4n) is 7.85. The van der Waals surface area contributed by atoms with Crippen molar-refractivity contribution < 1.29 is 28.5 Å². The molecule has 0 N–H and O–H groups in total. The molecule has 0 aromatic rings. The van der Waals surface area contributed by atoms with E-state index in [2.05, 4.69) is 46.7 Å². The zero-order valence-electron chi connectivity index (χ0n) is 36.9. The molecule has 1 heterocycles. The molecule has 0 aliphatic carbocycles. The van der Waals surface area contributed by atoms with Crippen molar-refractivity contribution in [1.82, 2.24) is 4.90 Å². The lowest BCUT2D eigenvalue weighted by Crippen LogP contribution is -2.43. The summed E-state index contributed by atoms with van der Waals surface area (Å²) in [4.78, 5) is 28.6. The van der Waals surface area contributed by atoms with E-state index in [4.69, 9.17) is 18.9 Å². The van der Waals surface area contributed by atoms with Gasteiger partial charge in [-0.25, -0.2) is 0 Å². The van der Waals surface area contributed by atoms with Crippen LogP contribution in [-0.2, 0) is 28.5 Å². The predicted octanol–water partition coefficient (Wildman–Crippen LogP) is 13.0. The summed E-state index contributed by atoms with van der Waals surface area (Å²) in [6, 6.07) is 0. The fourth-order valence-corrected chi connectivity index (χ4v) is 7.85. The Labute approximate surface area is 335 Å². The van der Waals surface area contributed by atoms with Gasteiger partial charge in [-0.3, -0.25) is 9.59 Å². The van der Waals surface area contributed by atoms with E-state index in [0.29, 0.717) is 63.9 Å². The van der Waals surface area contributed by atoms with Crippen molar-refractivity contribution in [2.24, 2.45) is 17.3 Å². The summed E-state index contributed by atoms with van der Waals surface area (Å²) < 4.78 is 24.5. The normalized spacial score (nSPS) is 18.5. The zero-order valence-corrected chi connectivity index (χ0v) is 36.9. The van der Waals surface area contributed by atoms with Crippen LogP contribution in [0.5, 0.6) is 0 Å². The van der Waals surface area contributed by atoms with Crippen LogP contribution in [0.25, 0.3) is 0 Å². The molecule has 1 fully saturated rings. The Bertz CT molecular complexity index is 803. The van der Waals surface area contributed by atoms with Gasteiger partial charge in [0, 0.05) is 18.3 Å². The monoisotopic (exact) mass is 766 g/mol. The van der Waals surface area contributed by atoms with E-state index in [1.165, 1.54) is 128 Å². The molecule has 7 heteroatoms. The second-order valence-corrected chi connectivity index (χ2v) is 17.4. The highest BCUT2D eigenvalue weighted by Gasteiger charge is 2.38. The minimum absolute atomic E-state index is 0.132. The van der Waals surface area contributed by atoms with Gasteiger partial charge >= 0.3 is 11.9 Å². The van der Waals surface area contributed by atoms with Gasteiger partial charge in [-0.1, -0.05) is 156 Å². The van der Waals surface area contributed by atoms with Crippen molar-refractivity contribution in [1.29, 1.82) is 0 Å². The summed E-state index contributed by atoms with van der Waals surface area (Å²) in [5, 5.41) is 0. The maximum absolute atomic E-state index is 13.2. The summed E-state index contributed by atoms with van der Waals surface area (Å²) in [6.45, 7) is 12.1. The van der Waals surface area contributed by atoms with Crippen LogP contribution in [0.4, 0.5) is 0 Å². The Kier molecular flexibility index (Phi) is 33.0. The molecule has 0 radical (unpaired) electrons. The van der Waals surface area contributed by atoms with Crippen LogP contribution >= 0.6 is 0 Å². The number of esters is 2. The number of rotatable bonds is 38. The van der Waals surface area contributed by atoms with Crippen molar-refractivity contribution >= 4 is 11.9 Å². The number of unbranched alkanes of at least 4 members (excludes halogenated alkanes) is 16. The van der Waals surface area contributed by atoms with Gasteiger partial charge in [0.2, 0.25) is 0 Å². The van der Waals surface area contributed by atoms with Gasteiger partial charge in [0.05, 0.1) is 26.4 Å². The Hall–Kier alpha value is -1.18. The number of carbonyl (C=O) groups excluding carboxylic acids is 2. The molecule has 1 aliphatic heterocycles. The van der Waals surface area contributed by atoms with Crippen molar-refractivity contribution in [2.75, 3.05) is 47.1 Å². The van der Waals surface area contributed by atoms with Crippen LogP contribution in [0.2, 0.25) is 0 Å². The third kappa shape index (κ3) is 28.3. The molecule has 2 unspecified atom stereocenters. The molecular weight excluding hydrogens is 675 g/mol. The predicted molar refractivity (Wildman–Crippen MR) is 227 cm³/mol. The molecule has 0 saturated carbocycles. The zero-order chi connectivity index (χ0) is 39.5. The molecule has 2 atom stereocenters. The number of ether oxygens (including phenoxy) is 4. The molecule has 0 spiro atoms. The van der Waals surface area contributed by atoms with Gasteiger partial charge < -0.3 is 23.8 Å². The summed E-state index contributed by atoms with van der Waals surface area (Å²) in [7, 11) is 4.16. The van der Waals surface area contributed by atoms with E-state index in [1.54, 1.807) is 0 Å². The van der Waals surface area contributed by atoms with E-state index in [1.807, 2.05) is 0 Å². The molecule has 0 bridgehead atoms. The first kappa shape index (κ1) is 50.8. The second-order valence-electron chi connectivity index (χ2n) is 17.4. The highest BCUT2D eigenvalue weighted by Crippen LogP contribution is 2.36. The summed E-state index contributed by atoms with van der Waals surface area (Å²) in [5.41, 5.74) is -0.397. The summed E-state index contributed by atoms with van der Waals surface area (Å²) in [5.74, 6) is 0.627. The van der Waals surface area contributed by atoms with Crippen LogP contribution in [0.15, 0.2) is 0 Å². The average Bonchev–Trinajstić information content (AvgIpc) is 3.17. The molecular formula is C47H91NO6. The lowest BCUT2D eigenvalue weighted by atomic mass is 9.79. The summed E-state index contributed by atoms with van der Waals surface area (Å²) >= 11 is 0. The highest BCUT2D eigenvalue weighted by atomic mass is 16.7. The van der Waals surface area contributed by atoms with Crippen LogP contribution < -0.4 is 0 Å². The van der Waals surface area contributed by atoms with Gasteiger partial charge in [-0.2, -0.15) is 0 Å². The smallest absolute Gasteiger partial charge is 0.305 e. The maximum Gasteiger partial charge on any atom is 0.305 e. The largest absolute Gasteiger partial charge is 0.465 e. The minimum Gasteiger partial charge on any atom is -0.465 e. The van der Waals surface area contributed by atoms with Crippen LogP contribution in [-0.4, -0.2) is 70.2 Å². The van der Waals surface area contributed by atoms with Gasteiger partial charge in [-0.05, 0) is 83.8 Å². The average molecular weight is 766 g/mol. The molecule has 0 aromatic carbocycles. The van der Waals surface area contributed by atoms with Crippen LogP contribution in [0.3, 0.4) is 0 Å². The van der Waals surface area contributed by atoms with E-state index in [9.17, 15) is 9.59 Å². The van der Waals surface area contributed by atoms with Crippen molar-refractivity contribution in [3.8, 4) is 0 Å². The topological polar surface area (TPSA) is 74.3 Å². The van der Waals surface area contributed by atoms with Crippen molar-refractivity contribution in [3.63, 3.8) is 0 Å². The Balaban J connectivity index is 2.74. The lowest BCUT2D eigenvalue weighted by molar-refractivity contribution is -0.236. The van der Waals surface area contributed by atoms with Crippen molar-refractivity contribution in [2.45, 2.75) is 227 Å². The first-order valence-corrected chi connectivity index (χ1v) is 23.5. The van der Waals surface area contributed by atoms with Crippen LogP contribution in [0, 0.1) is 17.3 Å². The van der Waals surface area contributed by atoms with Gasteiger partial charge in [0.1, 0.15) is 0 Å². The Morgan fingerprint density at radius 1 is 0.556 bits per heavy atom. The molecule has 320 valence electrons. The molecule has 54 heavy (non-hydrogen) atoms. The molecule has 1 rings (SSSR count). The fraction of sp³-hybridized carbons (Fsp3) is 0.957. The molecule has 0 aromatic heterocycles. The van der Waals surface area contributed by atoms with Crippen LogP contribution in [0.1, 0.15) is 220 Å². The third-order valence-electron chi connectivity index (χ3n) is 11.7. The van der Waals surface area contributed by atoms with Gasteiger partial charge in [0.15, 0.2) is 6.29 Å². The highest BCUT2D eigenvalue weighted by molar-refractivity contribution is 5.70. The first-order chi connectivity index (χ1) is 26.3. The summed E-state index contributed by atoms with van der Waals surface area (Å²) in [6.07, 6.45) is 33.5. The van der Waals surface area contributed by atoms with E-state index in [-0.39, 0.29) is 18.2 Å². The van der Waals surface area contributed by atoms with Crippen molar-refractivity contribution in [3.05, 3.63) is 0 Å². The Morgan fingerprint density at radius 2 is 0.907 bits per heavy atom. The minimum atomic E-state index is -0.397. The molecule has 7 nitrogen and oxygen atoms in total. The number of hydrogen-bond acceptors (Lipinski definition) is 7. The second kappa shape index (κ2) is 35.0. The maximum atomic E-state index is 13.2. The van der Waals surface area contributed by atoms with Gasteiger partial charge in [-0.15, -0.1) is 0 Å². The quantitative estimate of drug-likeness (QED) is 0.0458. The molecule has 1 aliphatic rings. The van der Waals surface area contributed by atoms with E-state index >= 15 is 0 Å². The number of nitrogens with zero attached hydrogens (tertiary/aromatic N) is 1. The number of carbonyl (C=O) groups is 2. The van der Waals surface area contributed by atoms with E-state index in [0.717, 1.165) is 45.1 Å². The standard InChI is InChI=1S/C47H91NO6/c1-7-11-15-19-21-25-30-42(28-23-17-13-9-3)38-51-44(49)33-35-47(40-53-46(54-41-47)32-27-37-48(5)6)36-34-45(50)52-39-43(29-24-18-14-10-4)31-26-22-20-16-12-8-2/h42-43,46H,7-41H2,1-6H3. The first-order valence-electron chi connectivity index (χ1n) is 23.5. The Morgan fingerprint density at radius 3 is 1.28 bits per heavy atom. The number of hydrogen-bond donors (Lipinski definition) is 0. The van der Waals surface area contributed by atoms with Gasteiger partial charge in [0.25, 0.3) is 0 Å².